The smallest absolute Gasteiger partial charge is 0.327 e. The van der Waals surface area contributed by atoms with E-state index >= 15 is 0 Å². The zero-order valence-electron chi connectivity index (χ0n) is 13.3. The van der Waals surface area contributed by atoms with Crippen LogP contribution in [0.3, 0.4) is 0 Å². The van der Waals surface area contributed by atoms with Crippen molar-refractivity contribution in [1.29, 1.82) is 0 Å². The summed E-state index contributed by atoms with van der Waals surface area (Å²) in [6.45, 7) is 5.84. The number of rotatable bonds is 7. The minimum Gasteiger partial charge on any atom is -0.380 e. The van der Waals surface area contributed by atoms with E-state index in [1.165, 1.54) is 11.8 Å². The van der Waals surface area contributed by atoms with Crippen LogP contribution in [0.4, 0.5) is 4.79 Å². The van der Waals surface area contributed by atoms with E-state index in [1.807, 2.05) is 30.3 Å². The fourth-order valence-corrected chi connectivity index (χ4v) is 2.65. The van der Waals surface area contributed by atoms with Gasteiger partial charge in [-0.2, -0.15) is 0 Å². The lowest BCUT2D eigenvalue weighted by atomic mass is 10.1. The maximum atomic E-state index is 12.4. The van der Waals surface area contributed by atoms with Crippen molar-refractivity contribution in [2.45, 2.75) is 32.7 Å². The van der Waals surface area contributed by atoms with Crippen LogP contribution >= 0.6 is 0 Å². The van der Waals surface area contributed by atoms with Crippen LogP contribution in [-0.4, -0.2) is 48.0 Å². The first-order valence-electron chi connectivity index (χ1n) is 7.86. The van der Waals surface area contributed by atoms with Crippen molar-refractivity contribution in [3.05, 3.63) is 35.9 Å². The van der Waals surface area contributed by atoms with Gasteiger partial charge in [-0.1, -0.05) is 43.7 Å². The van der Waals surface area contributed by atoms with Crippen LogP contribution < -0.4 is 0 Å². The summed E-state index contributed by atoms with van der Waals surface area (Å²) < 4.78 is 5.52. The molecule has 1 heterocycles. The highest BCUT2D eigenvalue weighted by atomic mass is 16.5. The van der Waals surface area contributed by atoms with Gasteiger partial charge in [0.2, 0.25) is 5.91 Å². The summed E-state index contributed by atoms with van der Waals surface area (Å²) in [5, 5.41) is 0. The van der Waals surface area contributed by atoms with Crippen LogP contribution in [0.5, 0.6) is 0 Å². The molecule has 1 fully saturated rings. The van der Waals surface area contributed by atoms with Crippen molar-refractivity contribution in [2.75, 3.05) is 26.3 Å². The monoisotopic (exact) mass is 304 g/mol. The number of unbranched alkanes of at least 4 members (excludes halogenated alkanes) is 1. The third kappa shape index (κ3) is 3.85. The number of benzene rings is 1. The molecule has 1 saturated heterocycles. The van der Waals surface area contributed by atoms with Crippen LogP contribution in [0, 0.1) is 0 Å². The number of imide groups is 1. The molecule has 0 N–H and O–H groups in total. The van der Waals surface area contributed by atoms with E-state index in [9.17, 15) is 9.59 Å². The number of carbonyl (C=O) groups excluding carboxylic acids is 2. The molecule has 5 nitrogen and oxygen atoms in total. The molecule has 1 aliphatic heterocycles. The second kappa shape index (κ2) is 7.94. The van der Waals surface area contributed by atoms with Crippen molar-refractivity contribution >= 4 is 11.9 Å². The first kappa shape index (κ1) is 16.5. The van der Waals surface area contributed by atoms with E-state index in [4.69, 9.17) is 4.74 Å². The van der Waals surface area contributed by atoms with Crippen molar-refractivity contribution in [2.24, 2.45) is 0 Å². The van der Waals surface area contributed by atoms with Crippen LogP contribution in [0.1, 0.15) is 38.3 Å². The standard InChI is InChI=1S/C17H24N2O3/c1-3-4-11-22-12-10-18-13-16(15-8-6-5-7-9-15)19(14(2)20)17(18)21/h5-9,16H,3-4,10-13H2,1-2H3. The van der Waals surface area contributed by atoms with Crippen molar-refractivity contribution in [3.8, 4) is 0 Å². The van der Waals surface area contributed by atoms with E-state index in [1.54, 1.807) is 4.90 Å². The molecule has 0 spiro atoms. The van der Waals surface area contributed by atoms with Gasteiger partial charge >= 0.3 is 6.03 Å². The molecule has 0 aliphatic carbocycles. The molecule has 0 radical (unpaired) electrons. The molecule has 120 valence electrons. The SMILES string of the molecule is CCCCOCCN1CC(c2ccccc2)N(C(C)=O)C1=O. The van der Waals surface area contributed by atoms with Crippen molar-refractivity contribution in [3.63, 3.8) is 0 Å². The largest absolute Gasteiger partial charge is 0.380 e. The average molecular weight is 304 g/mol. The third-order valence-corrected chi connectivity index (χ3v) is 3.85. The van der Waals surface area contributed by atoms with E-state index in [0.29, 0.717) is 19.7 Å². The summed E-state index contributed by atoms with van der Waals surface area (Å²) in [5.41, 5.74) is 0.987. The Morgan fingerprint density at radius 1 is 1.27 bits per heavy atom. The number of carbonyl (C=O) groups is 2. The highest BCUT2D eigenvalue weighted by Gasteiger charge is 2.40. The number of nitrogens with zero attached hydrogens (tertiary/aromatic N) is 2. The predicted octanol–water partition coefficient (Wildman–Crippen LogP) is 2.83. The maximum absolute atomic E-state index is 12.4. The van der Waals surface area contributed by atoms with Gasteiger partial charge in [-0.05, 0) is 12.0 Å². The van der Waals surface area contributed by atoms with E-state index in [-0.39, 0.29) is 18.0 Å². The van der Waals surface area contributed by atoms with Crippen LogP contribution in [0.15, 0.2) is 30.3 Å². The molecule has 3 amide bonds. The van der Waals surface area contributed by atoms with Gasteiger partial charge in [-0.3, -0.25) is 9.69 Å². The Kier molecular flexibility index (Phi) is 5.95. The molecule has 1 aliphatic rings. The summed E-state index contributed by atoms with van der Waals surface area (Å²) in [7, 11) is 0. The van der Waals surface area contributed by atoms with Gasteiger partial charge in [0.1, 0.15) is 0 Å². The third-order valence-electron chi connectivity index (χ3n) is 3.85. The molecule has 1 aromatic rings. The summed E-state index contributed by atoms with van der Waals surface area (Å²) >= 11 is 0. The predicted molar refractivity (Wildman–Crippen MR) is 84.4 cm³/mol. The molecule has 0 aromatic heterocycles. The Morgan fingerprint density at radius 3 is 2.64 bits per heavy atom. The van der Waals surface area contributed by atoms with Gasteiger partial charge in [-0.15, -0.1) is 0 Å². The topological polar surface area (TPSA) is 49.9 Å². The average Bonchev–Trinajstić information content (AvgIpc) is 2.85. The quantitative estimate of drug-likeness (QED) is 0.728. The zero-order chi connectivity index (χ0) is 15.9. The normalized spacial score (nSPS) is 18.1. The summed E-state index contributed by atoms with van der Waals surface area (Å²) in [5.74, 6) is -0.215. The Balaban J connectivity index is 2.00. The van der Waals surface area contributed by atoms with Crippen LogP contribution in [-0.2, 0) is 9.53 Å². The van der Waals surface area contributed by atoms with Crippen molar-refractivity contribution < 1.29 is 14.3 Å². The number of urea groups is 1. The summed E-state index contributed by atoms with van der Waals surface area (Å²) in [4.78, 5) is 27.3. The first-order chi connectivity index (χ1) is 10.6. The van der Waals surface area contributed by atoms with E-state index < -0.39 is 0 Å². The first-order valence-corrected chi connectivity index (χ1v) is 7.86. The van der Waals surface area contributed by atoms with Crippen LogP contribution in [0.25, 0.3) is 0 Å². The minimum atomic E-state index is -0.222. The van der Waals surface area contributed by atoms with Crippen LogP contribution in [0.2, 0.25) is 0 Å². The molecular formula is C17H24N2O3. The van der Waals surface area contributed by atoms with Crippen molar-refractivity contribution in [1.82, 2.24) is 9.80 Å². The second-order valence-corrected chi connectivity index (χ2v) is 5.51. The molecule has 22 heavy (non-hydrogen) atoms. The van der Waals surface area contributed by atoms with Gasteiger partial charge in [0.25, 0.3) is 0 Å². The Morgan fingerprint density at radius 2 is 2.00 bits per heavy atom. The van der Waals surface area contributed by atoms with Gasteiger partial charge in [0, 0.05) is 26.6 Å². The highest BCUT2D eigenvalue weighted by Crippen LogP contribution is 2.29. The maximum Gasteiger partial charge on any atom is 0.327 e. The lowest BCUT2D eigenvalue weighted by molar-refractivity contribution is -0.126. The Bertz CT molecular complexity index is 504. The van der Waals surface area contributed by atoms with Gasteiger partial charge in [-0.25, -0.2) is 4.79 Å². The lowest BCUT2D eigenvalue weighted by Crippen LogP contribution is -2.37. The lowest BCUT2D eigenvalue weighted by Gasteiger charge is -2.19. The van der Waals surface area contributed by atoms with E-state index in [0.717, 1.165) is 25.0 Å². The molecule has 0 bridgehead atoms. The zero-order valence-corrected chi connectivity index (χ0v) is 13.3. The summed E-state index contributed by atoms with van der Waals surface area (Å²) in [6.07, 6.45) is 2.12. The molecule has 1 atom stereocenters. The molecule has 0 saturated carbocycles. The number of hydrogen-bond donors (Lipinski definition) is 0. The molecule has 5 heteroatoms. The number of ether oxygens (including phenoxy) is 1. The molecule has 1 unspecified atom stereocenters. The molecule has 1 aromatic carbocycles. The second-order valence-electron chi connectivity index (χ2n) is 5.51. The van der Waals surface area contributed by atoms with E-state index in [2.05, 4.69) is 6.92 Å². The Hall–Kier alpha value is -1.88. The Labute approximate surface area is 131 Å². The fourth-order valence-electron chi connectivity index (χ4n) is 2.65. The highest BCUT2D eigenvalue weighted by molar-refractivity contribution is 5.95. The number of amides is 3. The fraction of sp³-hybridized carbons (Fsp3) is 0.529. The van der Waals surface area contributed by atoms with Gasteiger partial charge < -0.3 is 9.64 Å². The molecular weight excluding hydrogens is 280 g/mol. The van der Waals surface area contributed by atoms with Gasteiger partial charge in [0.05, 0.1) is 12.6 Å². The van der Waals surface area contributed by atoms with Gasteiger partial charge in [0.15, 0.2) is 0 Å². The molecule has 2 rings (SSSR count). The number of hydrogen-bond acceptors (Lipinski definition) is 3. The summed E-state index contributed by atoms with van der Waals surface area (Å²) in [6, 6.07) is 9.26. The minimum absolute atomic E-state index is 0.207.